The Hall–Kier alpha value is -2.60. The first-order chi connectivity index (χ1) is 16.2. The van der Waals surface area contributed by atoms with Crippen molar-refractivity contribution in [3.8, 4) is 16.9 Å². The molecule has 1 N–H and O–H groups in total. The molecule has 6 rings (SSSR count). The Morgan fingerprint density at radius 1 is 1.12 bits per heavy atom. The molecule has 0 unspecified atom stereocenters. The van der Waals surface area contributed by atoms with Crippen LogP contribution in [0.4, 0.5) is 9.18 Å². The van der Waals surface area contributed by atoms with E-state index in [1.807, 2.05) is 32.0 Å². The number of rotatable bonds is 4. The van der Waals surface area contributed by atoms with E-state index in [4.69, 9.17) is 9.47 Å². The van der Waals surface area contributed by atoms with Gasteiger partial charge in [0.05, 0.1) is 13.2 Å². The maximum Gasteiger partial charge on any atom is 0.407 e. The van der Waals surface area contributed by atoms with Crippen molar-refractivity contribution in [2.24, 2.45) is 11.3 Å². The van der Waals surface area contributed by atoms with E-state index >= 15 is 4.39 Å². The number of carbonyl (C=O) groups excluding carboxylic acids is 1. The van der Waals surface area contributed by atoms with Crippen LogP contribution in [0.1, 0.15) is 55.0 Å². The molecule has 182 valence electrons. The van der Waals surface area contributed by atoms with Crippen LogP contribution in [0.5, 0.6) is 5.75 Å². The van der Waals surface area contributed by atoms with Crippen molar-refractivity contribution in [2.45, 2.75) is 59.1 Å². The van der Waals surface area contributed by atoms with E-state index in [1.54, 1.807) is 13.2 Å². The Bertz CT molecular complexity index is 1100. The first-order valence-corrected chi connectivity index (χ1v) is 12.3. The molecular weight excluding hydrogens is 431 g/mol. The summed E-state index contributed by atoms with van der Waals surface area (Å²) in [7, 11) is 1.65. The zero-order valence-corrected chi connectivity index (χ0v) is 20.8. The SMILES string of the molecule is COc1c(C)cc(-c2cc3c(cc2F)[C@H](NC(=O)O[C@H]2CN4CCC2CC4)C(C)(C)C3)cc1C. The molecule has 0 aromatic heterocycles. The summed E-state index contributed by atoms with van der Waals surface area (Å²) in [6.45, 7) is 11.2. The van der Waals surface area contributed by atoms with Crippen LogP contribution in [0.2, 0.25) is 0 Å². The fraction of sp³-hybridized carbons (Fsp3) is 0.536. The van der Waals surface area contributed by atoms with Crippen LogP contribution in [-0.2, 0) is 11.2 Å². The molecule has 2 bridgehead atoms. The van der Waals surface area contributed by atoms with Gasteiger partial charge in [0.2, 0.25) is 0 Å². The molecule has 6 heteroatoms. The molecule has 2 atom stereocenters. The number of amides is 1. The third-order valence-electron chi connectivity index (χ3n) is 8.06. The second-order valence-corrected chi connectivity index (χ2v) is 11.0. The Morgan fingerprint density at radius 3 is 2.38 bits per heavy atom. The zero-order valence-electron chi connectivity index (χ0n) is 20.8. The topological polar surface area (TPSA) is 50.8 Å². The second-order valence-electron chi connectivity index (χ2n) is 11.0. The molecule has 2 aromatic rings. The number of piperidine rings is 3. The van der Waals surface area contributed by atoms with Crippen LogP contribution in [0.15, 0.2) is 24.3 Å². The van der Waals surface area contributed by atoms with E-state index in [0.29, 0.717) is 11.5 Å². The standard InChI is InChI=1S/C28H35FN2O3/c1-16-10-19(11-17(2)25(16)33-5)21-12-20-14-28(3,4)26(22(20)13-23(21)29)30-27(32)34-24-15-31-8-6-18(24)7-9-31/h10-13,18,24,26H,6-9,14-15H2,1-5H3,(H,30,32)/t24-,26-/m0/s1. The average molecular weight is 467 g/mol. The third kappa shape index (κ3) is 4.06. The Labute approximate surface area is 201 Å². The van der Waals surface area contributed by atoms with Gasteiger partial charge in [-0.2, -0.15) is 0 Å². The summed E-state index contributed by atoms with van der Waals surface area (Å²) in [6, 6.07) is 7.20. The van der Waals surface area contributed by atoms with E-state index in [-0.39, 0.29) is 23.4 Å². The first kappa shape index (κ1) is 23.2. The molecule has 3 heterocycles. The van der Waals surface area contributed by atoms with E-state index < -0.39 is 6.09 Å². The van der Waals surface area contributed by atoms with Crippen molar-refractivity contribution in [3.05, 3.63) is 52.3 Å². The van der Waals surface area contributed by atoms with Crippen molar-refractivity contribution in [1.29, 1.82) is 0 Å². The normalized spacial score (nSPS) is 26.8. The summed E-state index contributed by atoms with van der Waals surface area (Å²) in [5.74, 6) is 1.01. The third-order valence-corrected chi connectivity index (χ3v) is 8.06. The fourth-order valence-electron chi connectivity index (χ4n) is 6.32. The maximum atomic E-state index is 15.4. The van der Waals surface area contributed by atoms with Crippen LogP contribution in [0.25, 0.3) is 11.1 Å². The number of nitrogens with one attached hydrogen (secondary N) is 1. The van der Waals surface area contributed by atoms with Gasteiger partial charge >= 0.3 is 6.09 Å². The Balaban J connectivity index is 1.39. The highest BCUT2D eigenvalue weighted by Crippen LogP contribution is 2.47. The van der Waals surface area contributed by atoms with E-state index in [1.165, 1.54) is 0 Å². The van der Waals surface area contributed by atoms with Crippen molar-refractivity contribution in [3.63, 3.8) is 0 Å². The van der Waals surface area contributed by atoms with E-state index in [0.717, 1.165) is 72.5 Å². The summed E-state index contributed by atoms with van der Waals surface area (Å²) in [5.41, 5.74) is 5.05. The number of carbonyl (C=O) groups is 1. The van der Waals surface area contributed by atoms with Gasteiger partial charge in [0, 0.05) is 12.1 Å². The average Bonchev–Trinajstić information content (AvgIpc) is 3.02. The van der Waals surface area contributed by atoms with Crippen LogP contribution < -0.4 is 10.1 Å². The fourth-order valence-corrected chi connectivity index (χ4v) is 6.32. The minimum atomic E-state index is -0.393. The monoisotopic (exact) mass is 466 g/mol. The molecule has 2 aromatic carbocycles. The number of aryl methyl sites for hydroxylation is 2. The lowest BCUT2D eigenvalue weighted by Crippen LogP contribution is -2.53. The number of alkyl carbamates (subject to hydrolysis) is 1. The maximum absolute atomic E-state index is 15.4. The summed E-state index contributed by atoms with van der Waals surface area (Å²) in [4.78, 5) is 15.3. The minimum Gasteiger partial charge on any atom is -0.496 e. The number of hydrogen-bond donors (Lipinski definition) is 1. The van der Waals surface area contributed by atoms with Crippen LogP contribution >= 0.6 is 0 Å². The van der Waals surface area contributed by atoms with E-state index in [2.05, 4.69) is 24.1 Å². The molecule has 3 aliphatic heterocycles. The largest absolute Gasteiger partial charge is 0.496 e. The summed E-state index contributed by atoms with van der Waals surface area (Å²) in [5, 5.41) is 3.09. The Kier molecular flexibility index (Phi) is 5.83. The molecule has 3 fully saturated rings. The smallest absolute Gasteiger partial charge is 0.407 e. The zero-order chi connectivity index (χ0) is 24.2. The van der Waals surface area contributed by atoms with Gasteiger partial charge in [-0.15, -0.1) is 0 Å². The number of hydrogen-bond acceptors (Lipinski definition) is 4. The molecule has 0 radical (unpaired) electrons. The molecule has 0 saturated carbocycles. The first-order valence-electron chi connectivity index (χ1n) is 12.3. The predicted octanol–water partition coefficient (Wildman–Crippen LogP) is 5.56. The number of benzene rings is 2. The van der Waals surface area contributed by atoms with Crippen molar-refractivity contribution < 1.29 is 18.7 Å². The van der Waals surface area contributed by atoms with Gasteiger partial charge < -0.3 is 14.8 Å². The number of ether oxygens (including phenoxy) is 2. The number of halogens is 1. The van der Waals surface area contributed by atoms with Gasteiger partial charge in [0.1, 0.15) is 17.7 Å². The van der Waals surface area contributed by atoms with Crippen LogP contribution in [-0.4, -0.2) is 43.8 Å². The van der Waals surface area contributed by atoms with Gasteiger partial charge in [-0.05, 0) is 110 Å². The van der Waals surface area contributed by atoms with E-state index in [9.17, 15) is 4.79 Å². The van der Waals surface area contributed by atoms with Gasteiger partial charge in [-0.3, -0.25) is 4.90 Å². The second kappa shape index (κ2) is 8.56. The lowest BCUT2D eigenvalue weighted by Gasteiger charge is -2.44. The quantitative estimate of drug-likeness (QED) is 0.641. The predicted molar refractivity (Wildman–Crippen MR) is 131 cm³/mol. The molecule has 0 spiro atoms. The van der Waals surface area contributed by atoms with Crippen molar-refractivity contribution in [1.82, 2.24) is 10.2 Å². The highest BCUT2D eigenvalue weighted by molar-refractivity contribution is 5.72. The minimum absolute atomic E-state index is 0.0489. The van der Waals surface area contributed by atoms with Gasteiger partial charge in [-0.1, -0.05) is 13.8 Å². The molecule has 1 aliphatic carbocycles. The highest BCUT2D eigenvalue weighted by atomic mass is 19.1. The summed E-state index contributed by atoms with van der Waals surface area (Å²) >= 11 is 0. The molecule has 4 aliphatic rings. The number of fused-ring (bicyclic) bond motifs is 4. The van der Waals surface area contributed by atoms with Gasteiger partial charge in [0.15, 0.2) is 0 Å². The lowest BCUT2D eigenvalue weighted by molar-refractivity contribution is -0.0349. The van der Waals surface area contributed by atoms with Gasteiger partial charge in [-0.25, -0.2) is 9.18 Å². The molecule has 1 amide bonds. The Morgan fingerprint density at radius 2 is 1.79 bits per heavy atom. The molecule has 5 nitrogen and oxygen atoms in total. The number of methoxy groups -OCH3 is 1. The molecule has 34 heavy (non-hydrogen) atoms. The van der Waals surface area contributed by atoms with Crippen molar-refractivity contribution >= 4 is 6.09 Å². The summed E-state index contributed by atoms with van der Waals surface area (Å²) in [6.07, 6.45) is 2.50. The van der Waals surface area contributed by atoms with Crippen LogP contribution in [0.3, 0.4) is 0 Å². The summed E-state index contributed by atoms with van der Waals surface area (Å²) < 4.78 is 26.8. The highest BCUT2D eigenvalue weighted by Gasteiger charge is 2.42. The van der Waals surface area contributed by atoms with Crippen LogP contribution in [0, 0.1) is 31.0 Å². The van der Waals surface area contributed by atoms with Gasteiger partial charge in [0.25, 0.3) is 0 Å². The molecule has 3 saturated heterocycles. The lowest BCUT2D eigenvalue weighted by atomic mass is 9.85. The number of nitrogens with zero attached hydrogens (tertiary/aromatic N) is 1. The van der Waals surface area contributed by atoms with Crippen molar-refractivity contribution in [2.75, 3.05) is 26.7 Å². The molecular formula is C28H35FN2O3.